The van der Waals surface area contributed by atoms with Crippen molar-refractivity contribution >= 4 is 34.6 Å². The molecule has 0 fully saturated rings. The first-order valence-corrected chi connectivity index (χ1v) is 8.10. The monoisotopic (exact) mass is 336 g/mol. The van der Waals surface area contributed by atoms with Gasteiger partial charge in [0.25, 0.3) is 0 Å². The van der Waals surface area contributed by atoms with E-state index in [-0.39, 0.29) is 5.92 Å². The Morgan fingerprint density at radius 3 is 1.18 bits per heavy atom. The predicted octanol–water partition coefficient (Wildman–Crippen LogP) is 4.75. The molecule has 118 valence electrons. The van der Waals surface area contributed by atoms with E-state index in [1.807, 2.05) is 28.2 Å². The number of nitrogens with zero attached hydrogens (tertiary/aromatic N) is 2. The van der Waals surface area contributed by atoms with Gasteiger partial charge in [0, 0.05) is 45.5 Å². The lowest BCUT2D eigenvalue weighted by Gasteiger charge is -2.21. The third kappa shape index (κ3) is 3.88. The third-order valence-electron chi connectivity index (χ3n) is 3.79. The highest BCUT2D eigenvalue weighted by molar-refractivity contribution is 6.45. The summed E-state index contributed by atoms with van der Waals surface area (Å²) in [6.07, 6.45) is 0. The van der Waals surface area contributed by atoms with Crippen LogP contribution in [-0.4, -0.2) is 33.0 Å². The van der Waals surface area contributed by atoms with Crippen LogP contribution in [0.2, 0.25) is 0 Å². The fourth-order valence-electron chi connectivity index (χ4n) is 2.44. The number of halogens is 2. The van der Waals surface area contributed by atoms with Gasteiger partial charge in [0.15, 0.2) is 0 Å². The highest BCUT2D eigenvalue weighted by atomic mass is 35.5. The molecule has 0 aliphatic heterocycles. The summed E-state index contributed by atoms with van der Waals surface area (Å²) in [5, 5.41) is 0. The molecule has 2 aromatic rings. The van der Waals surface area contributed by atoms with Crippen LogP contribution in [-0.2, 0) is 0 Å². The van der Waals surface area contributed by atoms with Crippen LogP contribution in [0.3, 0.4) is 0 Å². The molecule has 2 nitrogen and oxygen atoms in total. The largest absolute Gasteiger partial charge is 0.378 e. The number of anilines is 2. The van der Waals surface area contributed by atoms with Crippen molar-refractivity contribution in [3.63, 3.8) is 0 Å². The summed E-state index contributed by atoms with van der Waals surface area (Å²) in [5.41, 5.74) is 4.56. The van der Waals surface area contributed by atoms with E-state index >= 15 is 0 Å². The Morgan fingerprint density at radius 1 is 0.636 bits per heavy atom. The highest BCUT2D eigenvalue weighted by Gasteiger charge is 2.21. The van der Waals surface area contributed by atoms with Crippen LogP contribution in [0.25, 0.3) is 0 Å². The molecule has 0 heterocycles. The summed E-state index contributed by atoms with van der Waals surface area (Å²) in [5.74, 6) is -0.0317. The van der Waals surface area contributed by atoms with E-state index in [2.05, 4.69) is 58.3 Å². The fourth-order valence-corrected chi connectivity index (χ4v) is 3.02. The van der Waals surface area contributed by atoms with Crippen LogP contribution in [0.5, 0.6) is 0 Å². The van der Waals surface area contributed by atoms with Crippen molar-refractivity contribution in [2.24, 2.45) is 0 Å². The second-order valence-electron chi connectivity index (χ2n) is 5.78. The predicted molar refractivity (Wildman–Crippen MR) is 98.9 cm³/mol. The van der Waals surface area contributed by atoms with Crippen molar-refractivity contribution in [2.45, 2.75) is 10.8 Å². The first-order valence-electron chi connectivity index (χ1n) is 7.23. The van der Waals surface area contributed by atoms with Gasteiger partial charge in [-0.3, -0.25) is 0 Å². The maximum atomic E-state index is 6.26. The smallest absolute Gasteiger partial charge is 0.118 e. The minimum atomic E-state index is -0.490. The Bertz CT molecular complexity index is 538. The Kier molecular flexibility index (Phi) is 5.60. The summed E-state index contributed by atoms with van der Waals surface area (Å²) in [6, 6.07) is 16.7. The third-order valence-corrected chi connectivity index (χ3v) is 4.29. The molecule has 0 atom stereocenters. The maximum Gasteiger partial charge on any atom is 0.118 e. The fraction of sp³-hybridized carbons (Fsp3) is 0.333. The van der Waals surface area contributed by atoms with Gasteiger partial charge in [-0.15, -0.1) is 23.2 Å². The van der Waals surface area contributed by atoms with Crippen LogP contribution in [0.15, 0.2) is 48.5 Å². The van der Waals surface area contributed by atoms with Crippen molar-refractivity contribution in [2.75, 3.05) is 38.0 Å². The normalized spacial score (nSPS) is 11.1. The minimum absolute atomic E-state index is 0.0317. The molecule has 0 bridgehead atoms. The van der Waals surface area contributed by atoms with Gasteiger partial charge in [-0.1, -0.05) is 24.3 Å². The van der Waals surface area contributed by atoms with Gasteiger partial charge in [0.05, 0.1) is 0 Å². The summed E-state index contributed by atoms with van der Waals surface area (Å²) in [7, 11) is 8.10. The second-order valence-corrected chi connectivity index (χ2v) is 6.95. The first kappa shape index (κ1) is 17.0. The van der Waals surface area contributed by atoms with Crippen molar-refractivity contribution in [1.29, 1.82) is 0 Å². The summed E-state index contributed by atoms with van der Waals surface area (Å²) in [4.78, 5) is 3.66. The molecule has 0 saturated carbocycles. The molecule has 0 aliphatic rings. The second kappa shape index (κ2) is 7.26. The molecule has 0 aliphatic carbocycles. The van der Waals surface area contributed by atoms with Crippen LogP contribution in [0.4, 0.5) is 11.4 Å². The molecular weight excluding hydrogens is 315 g/mol. The van der Waals surface area contributed by atoms with E-state index < -0.39 is 4.84 Å². The van der Waals surface area contributed by atoms with E-state index in [4.69, 9.17) is 23.2 Å². The number of rotatable bonds is 5. The molecule has 0 spiro atoms. The van der Waals surface area contributed by atoms with Crippen molar-refractivity contribution in [3.05, 3.63) is 59.7 Å². The zero-order valence-corrected chi connectivity index (χ0v) is 14.9. The molecule has 4 heteroatoms. The molecular formula is C18H22Cl2N2. The van der Waals surface area contributed by atoms with Gasteiger partial charge >= 0.3 is 0 Å². The molecule has 0 unspecified atom stereocenters. The summed E-state index contributed by atoms with van der Waals surface area (Å²) >= 11 is 12.5. The molecule has 0 radical (unpaired) electrons. The van der Waals surface area contributed by atoms with Crippen molar-refractivity contribution in [3.8, 4) is 0 Å². The average molecular weight is 337 g/mol. The van der Waals surface area contributed by atoms with Gasteiger partial charge < -0.3 is 9.80 Å². The lowest BCUT2D eigenvalue weighted by molar-refractivity contribution is 0.885. The molecule has 2 rings (SSSR count). The van der Waals surface area contributed by atoms with E-state index in [1.54, 1.807) is 0 Å². The lowest BCUT2D eigenvalue weighted by Crippen LogP contribution is -2.12. The highest BCUT2D eigenvalue weighted by Crippen LogP contribution is 2.34. The van der Waals surface area contributed by atoms with Gasteiger partial charge in [-0.05, 0) is 35.4 Å². The number of benzene rings is 2. The standard InChI is InChI=1S/C18H22Cl2N2/c1-21(2)15-9-5-13(6-10-15)17(18(19)20)14-7-11-16(12-8-14)22(3)4/h5-12,17-18H,1-4H3. The summed E-state index contributed by atoms with van der Waals surface area (Å²) in [6.45, 7) is 0. The van der Waals surface area contributed by atoms with E-state index in [0.717, 1.165) is 22.5 Å². The summed E-state index contributed by atoms with van der Waals surface area (Å²) < 4.78 is 0. The number of hydrogen-bond acceptors (Lipinski definition) is 2. The van der Waals surface area contributed by atoms with Crippen molar-refractivity contribution < 1.29 is 0 Å². The molecule has 0 saturated heterocycles. The Labute approximate surface area is 143 Å². The average Bonchev–Trinajstić information content (AvgIpc) is 2.48. The topological polar surface area (TPSA) is 6.48 Å². The van der Waals surface area contributed by atoms with Crippen molar-refractivity contribution in [1.82, 2.24) is 0 Å². The van der Waals surface area contributed by atoms with E-state index in [0.29, 0.717) is 0 Å². The Balaban J connectivity index is 2.33. The maximum absolute atomic E-state index is 6.26. The zero-order chi connectivity index (χ0) is 16.3. The molecule has 2 aromatic carbocycles. The minimum Gasteiger partial charge on any atom is -0.378 e. The van der Waals surface area contributed by atoms with Gasteiger partial charge in [0.2, 0.25) is 0 Å². The molecule has 0 N–H and O–H groups in total. The number of hydrogen-bond donors (Lipinski definition) is 0. The SMILES string of the molecule is CN(C)c1ccc(C(c2ccc(N(C)C)cc2)C(Cl)Cl)cc1. The van der Waals surface area contributed by atoms with Gasteiger partial charge in [-0.25, -0.2) is 0 Å². The Hall–Kier alpha value is -1.38. The van der Waals surface area contributed by atoms with E-state index in [9.17, 15) is 0 Å². The Morgan fingerprint density at radius 2 is 0.955 bits per heavy atom. The van der Waals surface area contributed by atoms with Crippen LogP contribution in [0, 0.1) is 0 Å². The van der Waals surface area contributed by atoms with Crippen LogP contribution >= 0.6 is 23.2 Å². The van der Waals surface area contributed by atoms with E-state index in [1.165, 1.54) is 0 Å². The van der Waals surface area contributed by atoms with Crippen LogP contribution < -0.4 is 9.80 Å². The lowest BCUT2D eigenvalue weighted by atomic mass is 9.92. The quantitative estimate of drug-likeness (QED) is 0.726. The number of alkyl halides is 2. The molecule has 0 amide bonds. The van der Waals surface area contributed by atoms with Crippen LogP contribution in [0.1, 0.15) is 17.0 Å². The molecule has 22 heavy (non-hydrogen) atoms. The first-order chi connectivity index (χ1) is 10.4. The molecule has 0 aromatic heterocycles. The van der Waals surface area contributed by atoms with Gasteiger partial charge in [-0.2, -0.15) is 0 Å². The van der Waals surface area contributed by atoms with Gasteiger partial charge in [0.1, 0.15) is 4.84 Å². The zero-order valence-electron chi connectivity index (χ0n) is 13.4.